The number of hydrogen-bond donors (Lipinski definition) is 0. The minimum Gasteiger partial charge on any atom is -1.00 e. The third-order valence-corrected chi connectivity index (χ3v) is 5.52. The molecule has 0 amide bonds. The summed E-state index contributed by atoms with van der Waals surface area (Å²) in [6.45, 7) is 11.4. The molecular weight excluding hydrogens is 592 g/mol. The molecule has 1 rings (SSSR count). The Kier molecular flexibility index (Phi) is 12.1. The molecule has 0 saturated carbocycles. The maximum absolute atomic E-state index is 2.33. The average Bonchev–Trinajstić information content (AvgIpc) is 2.06. The van der Waals surface area contributed by atoms with Gasteiger partial charge in [-0.2, -0.15) is 0 Å². The first-order chi connectivity index (χ1) is 4.89. The van der Waals surface area contributed by atoms with Gasteiger partial charge in [-0.1, -0.05) is 0 Å². The molecule has 1 aliphatic rings. The molecule has 0 fully saturated rings. The SMILES string of the molecule is CC1=C(C)C(C)(C)[C]([Zr+3])=C1C.[I-].[I-].[I-]. The van der Waals surface area contributed by atoms with E-state index in [0.717, 1.165) is 0 Å². The Morgan fingerprint density at radius 3 is 1.29 bits per heavy atom. The van der Waals surface area contributed by atoms with E-state index < -0.39 is 0 Å². The van der Waals surface area contributed by atoms with Crippen LogP contribution in [0.15, 0.2) is 20.0 Å². The van der Waals surface area contributed by atoms with Crippen molar-refractivity contribution in [3.05, 3.63) is 20.0 Å². The zero-order valence-corrected chi connectivity index (χ0v) is 18.1. The average molecular weight is 607 g/mol. The molecule has 4 heteroatoms. The molecule has 0 spiro atoms. The molecule has 0 aromatic carbocycles. The molecule has 0 N–H and O–H groups in total. The van der Waals surface area contributed by atoms with Gasteiger partial charge in [-0.25, -0.2) is 0 Å². The first-order valence-corrected chi connectivity index (χ1v) is 5.23. The molecule has 0 unspecified atom stereocenters. The summed E-state index contributed by atoms with van der Waals surface area (Å²) < 4.78 is 1.62. The van der Waals surface area contributed by atoms with Crippen molar-refractivity contribution >= 4 is 0 Å². The van der Waals surface area contributed by atoms with Gasteiger partial charge in [0.15, 0.2) is 0 Å². The fourth-order valence-corrected chi connectivity index (χ4v) is 2.52. The van der Waals surface area contributed by atoms with Crippen LogP contribution in [0.2, 0.25) is 0 Å². The summed E-state index contributed by atoms with van der Waals surface area (Å²) in [5.41, 5.74) is 4.96. The second-order valence-electron chi connectivity index (χ2n) is 3.88. The van der Waals surface area contributed by atoms with Crippen molar-refractivity contribution < 1.29 is 96.6 Å². The molecule has 0 aromatic heterocycles. The van der Waals surface area contributed by atoms with E-state index in [1.54, 1.807) is 33.6 Å². The van der Waals surface area contributed by atoms with Crippen LogP contribution in [-0.4, -0.2) is 0 Å². The van der Waals surface area contributed by atoms with E-state index in [-0.39, 0.29) is 71.9 Å². The van der Waals surface area contributed by atoms with Gasteiger partial charge in [0, 0.05) is 0 Å². The first-order valence-electron chi connectivity index (χ1n) is 4.00. The second kappa shape index (κ2) is 7.80. The third-order valence-electron chi connectivity index (χ3n) is 3.06. The minimum absolute atomic E-state index is 0. The molecule has 0 bridgehead atoms. The standard InChI is InChI=1S/C10H15.3HI.Zr/c1-7-6-10(4,5)9(3)8(7)2;;;;/h1-5H3;3*1H;/q;;;;+3/p-3. The van der Waals surface area contributed by atoms with Gasteiger partial charge in [0.2, 0.25) is 0 Å². The summed E-state index contributed by atoms with van der Waals surface area (Å²) in [5.74, 6) is 0. The number of halogens is 3. The maximum Gasteiger partial charge on any atom is -1.00 e. The van der Waals surface area contributed by atoms with Crippen molar-refractivity contribution in [2.45, 2.75) is 34.6 Å². The molecule has 0 aliphatic heterocycles. The Balaban J connectivity index is -0.000000403. The van der Waals surface area contributed by atoms with Gasteiger partial charge in [-0.3, -0.25) is 0 Å². The van der Waals surface area contributed by atoms with E-state index in [0.29, 0.717) is 5.41 Å². The monoisotopic (exact) mass is 606 g/mol. The van der Waals surface area contributed by atoms with E-state index in [4.69, 9.17) is 0 Å². The van der Waals surface area contributed by atoms with Gasteiger partial charge >= 0.3 is 84.8 Å². The Morgan fingerprint density at radius 1 is 0.857 bits per heavy atom. The number of rotatable bonds is 0. The van der Waals surface area contributed by atoms with Gasteiger partial charge in [0.05, 0.1) is 0 Å². The predicted octanol–water partition coefficient (Wildman–Crippen LogP) is -5.80. The fraction of sp³-hybridized carbons (Fsp3) is 0.600. The third kappa shape index (κ3) is 3.79. The van der Waals surface area contributed by atoms with E-state index in [2.05, 4.69) is 34.6 Å². The van der Waals surface area contributed by atoms with E-state index in [9.17, 15) is 0 Å². The Bertz CT molecular complexity index is 239. The molecule has 0 saturated heterocycles. The molecule has 80 valence electrons. The fourth-order valence-electron chi connectivity index (χ4n) is 1.59. The van der Waals surface area contributed by atoms with Gasteiger partial charge in [0.1, 0.15) is 0 Å². The van der Waals surface area contributed by atoms with Crippen LogP contribution in [0.5, 0.6) is 0 Å². The first kappa shape index (κ1) is 21.8. The van der Waals surface area contributed by atoms with Crippen LogP contribution in [0, 0.1) is 5.41 Å². The molecule has 0 aromatic rings. The topological polar surface area (TPSA) is 0 Å². The zero-order chi connectivity index (χ0) is 8.81. The summed E-state index contributed by atoms with van der Waals surface area (Å²) in [5, 5.41) is 0. The Hall–Kier alpha value is 2.55. The molecule has 1 aliphatic carbocycles. The van der Waals surface area contributed by atoms with E-state index in [1.165, 1.54) is 11.1 Å². The van der Waals surface area contributed by atoms with Crippen molar-refractivity contribution in [3.63, 3.8) is 0 Å². The maximum atomic E-state index is 2.33. The van der Waals surface area contributed by atoms with Crippen LogP contribution >= 0.6 is 0 Å². The second-order valence-corrected chi connectivity index (χ2v) is 5.10. The van der Waals surface area contributed by atoms with Gasteiger partial charge in [-0.05, 0) is 0 Å². The van der Waals surface area contributed by atoms with Crippen molar-refractivity contribution in [1.82, 2.24) is 0 Å². The van der Waals surface area contributed by atoms with Crippen LogP contribution in [0.3, 0.4) is 0 Å². The van der Waals surface area contributed by atoms with Crippen molar-refractivity contribution in [2.75, 3.05) is 0 Å². The van der Waals surface area contributed by atoms with Crippen LogP contribution in [-0.2, 0) is 24.7 Å². The summed E-state index contributed by atoms with van der Waals surface area (Å²) in [4.78, 5) is 0. The largest absolute Gasteiger partial charge is 1.00 e. The molecule has 0 radical (unpaired) electrons. The van der Waals surface area contributed by atoms with Crippen molar-refractivity contribution in [1.29, 1.82) is 0 Å². The van der Waals surface area contributed by atoms with Gasteiger partial charge in [-0.15, -0.1) is 0 Å². The molecule has 0 heterocycles. The summed E-state index contributed by atoms with van der Waals surface area (Å²) >= 11 is 1.57. The Morgan fingerprint density at radius 2 is 1.21 bits per heavy atom. The number of hydrogen-bond acceptors (Lipinski definition) is 0. The predicted molar refractivity (Wildman–Crippen MR) is 44.9 cm³/mol. The van der Waals surface area contributed by atoms with Gasteiger partial charge < -0.3 is 71.9 Å². The summed E-state index contributed by atoms with van der Waals surface area (Å²) in [6.07, 6.45) is 0. The van der Waals surface area contributed by atoms with Crippen LogP contribution in [0.4, 0.5) is 0 Å². The minimum atomic E-state index is 0. The van der Waals surface area contributed by atoms with Crippen LogP contribution in [0.1, 0.15) is 34.6 Å². The smallest absolute Gasteiger partial charge is 1.00 e. The quantitative estimate of drug-likeness (QED) is 0.241. The summed E-state index contributed by atoms with van der Waals surface area (Å²) in [6, 6.07) is 0. The summed E-state index contributed by atoms with van der Waals surface area (Å²) in [7, 11) is 0. The van der Waals surface area contributed by atoms with Gasteiger partial charge in [0.25, 0.3) is 0 Å². The van der Waals surface area contributed by atoms with E-state index in [1.807, 2.05) is 0 Å². The molecule has 0 nitrogen and oxygen atoms in total. The molecule has 14 heavy (non-hydrogen) atoms. The van der Waals surface area contributed by atoms with Crippen molar-refractivity contribution in [3.8, 4) is 0 Å². The zero-order valence-electron chi connectivity index (χ0n) is 9.13. The molecule has 0 atom stereocenters. The normalized spacial score (nSPS) is 18.5. The van der Waals surface area contributed by atoms with Crippen LogP contribution in [0.25, 0.3) is 0 Å². The Labute approximate surface area is 154 Å². The van der Waals surface area contributed by atoms with E-state index >= 15 is 0 Å². The number of allylic oxidation sites excluding steroid dienone is 4. The van der Waals surface area contributed by atoms with Crippen LogP contribution < -0.4 is 71.9 Å². The molecular formula is C10H15I3Zr. The van der Waals surface area contributed by atoms with Crippen molar-refractivity contribution in [2.24, 2.45) is 5.41 Å².